The van der Waals surface area contributed by atoms with Gasteiger partial charge >= 0.3 is 0 Å². The van der Waals surface area contributed by atoms with Crippen molar-refractivity contribution in [3.63, 3.8) is 0 Å². The van der Waals surface area contributed by atoms with Gasteiger partial charge in [-0.3, -0.25) is 4.79 Å². The third-order valence-corrected chi connectivity index (χ3v) is 2.97. The van der Waals surface area contributed by atoms with E-state index in [1.54, 1.807) is 25.5 Å². The van der Waals surface area contributed by atoms with E-state index in [1.165, 1.54) is 11.3 Å². The minimum absolute atomic E-state index is 0.0999. The lowest BCUT2D eigenvalue weighted by atomic mass is 10.4. The quantitative estimate of drug-likeness (QED) is 0.621. The maximum absolute atomic E-state index is 11.6. The highest BCUT2D eigenvalue weighted by atomic mass is 32.1. The lowest BCUT2D eigenvalue weighted by Crippen LogP contribution is -2.34. The molecule has 0 aliphatic carbocycles. The molecule has 0 radical (unpaired) electrons. The number of aliphatic hydroxyl groups excluding tert-OH is 1. The van der Waals surface area contributed by atoms with Crippen LogP contribution in [0.4, 0.5) is 0 Å². The molecule has 1 atom stereocenters. The second kappa shape index (κ2) is 7.26. The Morgan fingerprint density at radius 1 is 1.59 bits per heavy atom. The van der Waals surface area contributed by atoms with Crippen molar-refractivity contribution in [3.8, 4) is 5.75 Å². The Bertz CT molecular complexity index is 352. The number of nitrogens with one attached hydrogen (secondary N) is 2. The SMILES string of the molecule is COc1csc(C(=O)NCCNCC(C)O)c1. The van der Waals surface area contributed by atoms with Gasteiger partial charge in [-0.1, -0.05) is 0 Å². The van der Waals surface area contributed by atoms with Gasteiger partial charge in [-0.25, -0.2) is 0 Å². The van der Waals surface area contributed by atoms with Crippen LogP contribution in [0.3, 0.4) is 0 Å². The summed E-state index contributed by atoms with van der Waals surface area (Å²) in [6, 6.07) is 1.71. The van der Waals surface area contributed by atoms with Crippen LogP contribution < -0.4 is 15.4 Å². The predicted octanol–water partition coefficient (Wildman–Crippen LogP) is 0.457. The molecular formula is C11H18N2O3S. The van der Waals surface area contributed by atoms with Crippen molar-refractivity contribution in [2.45, 2.75) is 13.0 Å². The number of carbonyl (C=O) groups excluding carboxylic acids is 1. The Balaban J connectivity index is 2.21. The first-order chi connectivity index (χ1) is 8.13. The summed E-state index contributed by atoms with van der Waals surface area (Å²) in [5, 5.41) is 16.6. The molecule has 1 aromatic rings. The standard InChI is InChI=1S/C11H18N2O3S/c1-8(14)6-12-3-4-13-11(15)10-5-9(16-2)7-17-10/h5,7-8,12,14H,3-4,6H2,1-2H3,(H,13,15). The van der Waals surface area contributed by atoms with Crippen molar-refractivity contribution in [1.82, 2.24) is 10.6 Å². The fraction of sp³-hybridized carbons (Fsp3) is 0.545. The van der Waals surface area contributed by atoms with Gasteiger partial charge in [0.15, 0.2) is 0 Å². The number of methoxy groups -OCH3 is 1. The van der Waals surface area contributed by atoms with Gasteiger partial charge in [-0.05, 0) is 6.92 Å². The largest absolute Gasteiger partial charge is 0.496 e. The Labute approximate surface area is 105 Å². The summed E-state index contributed by atoms with van der Waals surface area (Å²) in [6.45, 7) is 3.41. The van der Waals surface area contributed by atoms with E-state index < -0.39 is 0 Å². The van der Waals surface area contributed by atoms with Crippen LogP contribution in [0, 0.1) is 0 Å². The summed E-state index contributed by atoms with van der Waals surface area (Å²) in [7, 11) is 1.57. The molecule has 0 saturated heterocycles. The zero-order chi connectivity index (χ0) is 12.7. The van der Waals surface area contributed by atoms with E-state index in [2.05, 4.69) is 10.6 Å². The number of aliphatic hydroxyl groups is 1. The number of amides is 1. The van der Waals surface area contributed by atoms with E-state index in [0.717, 1.165) is 0 Å². The fourth-order valence-corrected chi connectivity index (χ4v) is 1.98. The van der Waals surface area contributed by atoms with Crippen molar-refractivity contribution in [3.05, 3.63) is 16.3 Å². The van der Waals surface area contributed by atoms with Gasteiger partial charge in [-0.2, -0.15) is 0 Å². The molecule has 0 aromatic carbocycles. The zero-order valence-corrected chi connectivity index (χ0v) is 10.8. The van der Waals surface area contributed by atoms with Gasteiger partial charge in [-0.15, -0.1) is 11.3 Å². The monoisotopic (exact) mass is 258 g/mol. The highest BCUT2D eigenvalue weighted by molar-refractivity contribution is 7.12. The Kier molecular flexibility index (Phi) is 5.96. The van der Waals surface area contributed by atoms with Gasteiger partial charge < -0.3 is 20.5 Å². The van der Waals surface area contributed by atoms with Gasteiger partial charge in [0.2, 0.25) is 0 Å². The molecule has 6 heteroatoms. The summed E-state index contributed by atoms with van der Waals surface area (Å²) in [4.78, 5) is 12.3. The molecule has 0 saturated carbocycles. The Morgan fingerprint density at radius 2 is 2.35 bits per heavy atom. The van der Waals surface area contributed by atoms with Crippen molar-refractivity contribution in [1.29, 1.82) is 0 Å². The average Bonchev–Trinajstić information content (AvgIpc) is 2.76. The topological polar surface area (TPSA) is 70.6 Å². The lowest BCUT2D eigenvalue weighted by Gasteiger charge is -2.07. The van der Waals surface area contributed by atoms with E-state index in [9.17, 15) is 4.79 Å². The van der Waals surface area contributed by atoms with Crippen molar-refractivity contribution < 1.29 is 14.6 Å². The van der Waals surface area contributed by atoms with Crippen LogP contribution in [0.5, 0.6) is 5.75 Å². The summed E-state index contributed by atoms with van der Waals surface area (Å²) in [5.41, 5.74) is 0. The first kappa shape index (κ1) is 14.0. The van der Waals surface area contributed by atoms with Crippen LogP contribution in [0.2, 0.25) is 0 Å². The molecule has 3 N–H and O–H groups in total. The van der Waals surface area contributed by atoms with E-state index in [-0.39, 0.29) is 12.0 Å². The molecule has 1 unspecified atom stereocenters. The molecule has 0 bridgehead atoms. The smallest absolute Gasteiger partial charge is 0.261 e. The summed E-state index contributed by atoms with van der Waals surface area (Å²) < 4.78 is 5.00. The molecule has 0 aliphatic heterocycles. The van der Waals surface area contributed by atoms with Crippen molar-refractivity contribution in [2.24, 2.45) is 0 Å². The normalized spacial score (nSPS) is 12.2. The Hall–Kier alpha value is -1.11. The molecule has 1 amide bonds. The third-order valence-electron chi connectivity index (χ3n) is 2.06. The molecule has 1 rings (SSSR count). The van der Waals surface area contributed by atoms with Crippen LogP contribution in [0.1, 0.15) is 16.6 Å². The molecule has 5 nitrogen and oxygen atoms in total. The van der Waals surface area contributed by atoms with Gasteiger partial charge in [0.05, 0.1) is 18.1 Å². The number of hydrogen-bond acceptors (Lipinski definition) is 5. The highest BCUT2D eigenvalue weighted by Crippen LogP contribution is 2.20. The molecule has 17 heavy (non-hydrogen) atoms. The molecule has 0 aliphatic rings. The van der Waals surface area contributed by atoms with Crippen LogP contribution >= 0.6 is 11.3 Å². The summed E-state index contributed by atoms with van der Waals surface area (Å²) in [6.07, 6.45) is -0.368. The first-order valence-corrected chi connectivity index (χ1v) is 6.31. The van der Waals surface area contributed by atoms with Crippen molar-refractivity contribution in [2.75, 3.05) is 26.7 Å². The summed E-state index contributed by atoms with van der Waals surface area (Å²) >= 11 is 1.35. The second-order valence-electron chi connectivity index (χ2n) is 3.66. The van der Waals surface area contributed by atoms with Crippen LogP contribution in [-0.2, 0) is 0 Å². The summed E-state index contributed by atoms with van der Waals surface area (Å²) in [5.74, 6) is 0.601. The second-order valence-corrected chi connectivity index (χ2v) is 4.57. The first-order valence-electron chi connectivity index (χ1n) is 5.43. The minimum atomic E-state index is -0.368. The van der Waals surface area contributed by atoms with E-state index in [0.29, 0.717) is 30.3 Å². The average molecular weight is 258 g/mol. The van der Waals surface area contributed by atoms with Gasteiger partial charge in [0.1, 0.15) is 5.75 Å². The van der Waals surface area contributed by atoms with Crippen LogP contribution in [0.25, 0.3) is 0 Å². The van der Waals surface area contributed by atoms with Gasteiger partial charge in [0.25, 0.3) is 5.91 Å². The Morgan fingerprint density at radius 3 is 2.94 bits per heavy atom. The van der Waals surface area contributed by atoms with Crippen molar-refractivity contribution >= 4 is 17.2 Å². The molecule has 96 valence electrons. The van der Waals surface area contributed by atoms with E-state index in [4.69, 9.17) is 9.84 Å². The predicted molar refractivity (Wildman–Crippen MR) is 67.8 cm³/mol. The molecule has 1 heterocycles. The molecule has 1 aromatic heterocycles. The van der Waals surface area contributed by atoms with E-state index >= 15 is 0 Å². The number of ether oxygens (including phenoxy) is 1. The van der Waals surface area contributed by atoms with Gasteiger partial charge in [0, 0.05) is 31.1 Å². The zero-order valence-electron chi connectivity index (χ0n) is 10.0. The number of thiophene rings is 1. The number of carbonyl (C=O) groups is 1. The van der Waals surface area contributed by atoms with Crippen LogP contribution in [0.15, 0.2) is 11.4 Å². The number of rotatable bonds is 7. The third kappa shape index (κ3) is 5.16. The number of hydrogen-bond donors (Lipinski definition) is 3. The molecule has 0 spiro atoms. The minimum Gasteiger partial charge on any atom is -0.496 e. The maximum atomic E-state index is 11.6. The highest BCUT2D eigenvalue weighted by Gasteiger charge is 2.08. The fourth-order valence-electron chi connectivity index (χ4n) is 1.21. The van der Waals surface area contributed by atoms with Crippen LogP contribution in [-0.4, -0.2) is 43.9 Å². The van der Waals surface area contributed by atoms with E-state index in [1.807, 2.05) is 0 Å². The molecule has 0 fully saturated rings. The maximum Gasteiger partial charge on any atom is 0.261 e. The molecular weight excluding hydrogens is 240 g/mol. The lowest BCUT2D eigenvalue weighted by molar-refractivity contribution is 0.0957.